The Morgan fingerprint density at radius 1 is 1.00 bits per heavy atom. The molecule has 146 valence electrons. The fraction of sp³-hybridized carbons (Fsp3) is 0.250. The van der Waals surface area contributed by atoms with E-state index in [1.165, 1.54) is 38.1 Å². The predicted octanol–water partition coefficient (Wildman–Crippen LogP) is 3.71. The summed E-state index contributed by atoms with van der Waals surface area (Å²) in [5.74, 6) is -0.487. The van der Waals surface area contributed by atoms with E-state index in [2.05, 4.69) is 16.0 Å². The Labute approximate surface area is 166 Å². The Balaban J connectivity index is 1.87. The van der Waals surface area contributed by atoms with Gasteiger partial charge in [0.25, 0.3) is 5.91 Å². The molecule has 1 unspecified atom stereocenters. The number of anilines is 2. The second kappa shape index (κ2) is 8.43. The molecular formula is C20H20FN3O3S. The highest BCUT2D eigenvalue weighted by Gasteiger charge is 2.23. The van der Waals surface area contributed by atoms with Crippen LogP contribution in [0.1, 0.15) is 42.2 Å². The Bertz CT molecular complexity index is 914. The zero-order chi connectivity index (χ0) is 20.3. The minimum atomic E-state index is -0.370. The van der Waals surface area contributed by atoms with Crippen LogP contribution >= 0.6 is 11.8 Å². The number of rotatable bonds is 4. The molecule has 0 aliphatic carbocycles. The molecule has 3 amide bonds. The van der Waals surface area contributed by atoms with Gasteiger partial charge < -0.3 is 16.0 Å². The highest BCUT2D eigenvalue weighted by Crippen LogP contribution is 2.36. The lowest BCUT2D eigenvalue weighted by Gasteiger charge is -2.26. The molecule has 8 heteroatoms. The maximum absolute atomic E-state index is 13.7. The number of thioether (sulfide) groups is 1. The number of amides is 3. The molecule has 1 heterocycles. The van der Waals surface area contributed by atoms with Crippen LogP contribution in [0.15, 0.2) is 41.3 Å². The van der Waals surface area contributed by atoms with Gasteiger partial charge in [0.1, 0.15) is 5.82 Å². The molecule has 1 atom stereocenters. The van der Waals surface area contributed by atoms with Crippen molar-refractivity contribution in [3.8, 4) is 0 Å². The molecular weight excluding hydrogens is 381 g/mol. The molecule has 0 saturated heterocycles. The van der Waals surface area contributed by atoms with E-state index in [9.17, 15) is 18.8 Å². The first-order valence-corrected chi connectivity index (χ1v) is 9.74. The van der Waals surface area contributed by atoms with Gasteiger partial charge in [-0.15, -0.1) is 11.8 Å². The normalized spacial score (nSPS) is 15.3. The smallest absolute Gasteiger partial charge is 0.251 e. The number of carbonyl (C=O) groups is 3. The monoisotopic (exact) mass is 401 g/mol. The van der Waals surface area contributed by atoms with Crippen LogP contribution in [0.3, 0.4) is 0 Å². The van der Waals surface area contributed by atoms with E-state index in [1.807, 2.05) is 0 Å². The molecule has 0 aromatic heterocycles. The van der Waals surface area contributed by atoms with Crippen LogP contribution in [0.2, 0.25) is 0 Å². The molecule has 0 spiro atoms. The van der Waals surface area contributed by atoms with Crippen molar-refractivity contribution in [1.82, 2.24) is 5.32 Å². The largest absolute Gasteiger partial charge is 0.345 e. The van der Waals surface area contributed by atoms with Crippen LogP contribution in [0, 0.1) is 5.82 Å². The van der Waals surface area contributed by atoms with Crippen molar-refractivity contribution >= 4 is 40.9 Å². The van der Waals surface area contributed by atoms with Crippen LogP contribution in [0.4, 0.5) is 15.8 Å². The maximum Gasteiger partial charge on any atom is 0.251 e. The van der Waals surface area contributed by atoms with E-state index in [1.54, 1.807) is 23.9 Å². The van der Waals surface area contributed by atoms with Gasteiger partial charge in [-0.25, -0.2) is 4.39 Å². The minimum absolute atomic E-state index is 0.283. The van der Waals surface area contributed by atoms with E-state index in [0.717, 1.165) is 16.2 Å². The first kappa shape index (κ1) is 19.9. The highest BCUT2D eigenvalue weighted by molar-refractivity contribution is 7.99. The van der Waals surface area contributed by atoms with Crippen LogP contribution in [-0.4, -0.2) is 23.5 Å². The van der Waals surface area contributed by atoms with Crippen molar-refractivity contribution in [3.05, 3.63) is 53.3 Å². The van der Waals surface area contributed by atoms with Crippen molar-refractivity contribution in [3.63, 3.8) is 0 Å². The summed E-state index contributed by atoms with van der Waals surface area (Å²) in [4.78, 5) is 36.5. The molecule has 0 fully saturated rings. The van der Waals surface area contributed by atoms with Gasteiger partial charge >= 0.3 is 0 Å². The minimum Gasteiger partial charge on any atom is -0.345 e. The van der Waals surface area contributed by atoms with Gasteiger partial charge in [0.05, 0.1) is 6.04 Å². The maximum atomic E-state index is 13.7. The standard InChI is InChI=1S/C20H20FN3O3S/c1-11(25)22-15-7-13(8-16(10-15)23-12(2)26)20(27)24-18-5-6-28-19-4-3-14(21)9-17(18)19/h3-4,7-10,18H,5-6H2,1-2H3,(H,22,25)(H,23,26)(H,24,27). The summed E-state index contributed by atoms with van der Waals surface area (Å²) in [5.41, 5.74) is 1.83. The van der Waals surface area contributed by atoms with Crippen LogP contribution in [-0.2, 0) is 9.59 Å². The molecule has 3 N–H and O–H groups in total. The fourth-order valence-electron chi connectivity index (χ4n) is 3.07. The van der Waals surface area contributed by atoms with Gasteiger partial charge in [0.2, 0.25) is 11.8 Å². The van der Waals surface area contributed by atoms with E-state index in [-0.39, 0.29) is 35.1 Å². The lowest BCUT2D eigenvalue weighted by Crippen LogP contribution is -2.31. The van der Waals surface area contributed by atoms with E-state index in [0.29, 0.717) is 17.8 Å². The van der Waals surface area contributed by atoms with Crippen molar-refractivity contribution in [2.24, 2.45) is 0 Å². The summed E-state index contributed by atoms with van der Waals surface area (Å²) < 4.78 is 13.7. The Morgan fingerprint density at radius 3 is 2.25 bits per heavy atom. The highest BCUT2D eigenvalue weighted by atomic mass is 32.2. The fourth-order valence-corrected chi connectivity index (χ4v) is 4.17. The van der Waals surface area contributed by atoms with Gasteiger partial charge in [-0.1, -0.05) is 0 Å². The second-order valence-electron chi connectivity index (χ2n) is 6.51. The molecule has 1 aliphatic rings. The summed E-state index contributed by atoms with van der Waals surface area (Å²) in [6.07, 6.45) is 0.677. The number of benzene rings is 2. The molecule has 0 bridgehead atoms. The third-order valence-electron chi connectivity index (χ3n) is 4.15. The molecule has 28 heavy (non-hydrogen) atoms. The Hall–Kier alpha value is -2.87. The van der Waals surface area contributed by atoms with Crippen molar-refractivity contribution in [2.75, 3.05) is 16.4 Å². The molecule has 0 saturated carbocycles. The number of hydrogen-bond acceptors (Lipinski definition) is 4. The zero-order valence-corrected chi connectivity index (χ0v) is 16.3. The number of nitrogens with one attached hydrogen (secondary N) is 3. The van der Waals surface area contributed by atoms with Gasteiger partial charge in [-0.3, -0.25) is 14.4 Å². The molecule has 2 aromatic rings. The summed E-state index contributed by atoms with van der Waals surface area (Å²) in [7, 11) is 0. The molecule has 0 radical (unpaired) electrons. The van der Waals surface area contributed by atoms with Crippen LogP contribution in [0.25, 0.3) is 0 Å². The van der Waals surface area contributed by atoms with Crippen LogP contribution < -0.4 is 16.0 Å². The van der Waals surface area contributed by atoms with E-state index >= 15 is 0 Å². The van der Waals surface area contributed by atoms with Gasteiger partial charge in [0, 0.05) is 41.4 Å². The molecule has 1 aliphatic heterocycles. The molecule has 3 rings (SSSR count). The van der Waals surface area contributed by atoms with Gasteiger partial charge in [-0.2, -0.15) is 0 Å². The lowest BCUT2D eigenvalue weighted by atomic mass is 10.0. The van der Waals surface area contributed by atoms with Crippen LogP contribution in [0.5, 0.6) is 0 Å². The number of halogens is 1. The zero-order valence-electron chi connectivity index (χ0n) is 15.5. The molecule has 2 aromatic carbocycles. The summed E-state index contributed by atoms with van der Waals surface area (Å²) in [5, 5.41) is 8.17. The number of carbonyl (C=O) groups excluding carboxylic acids is 3. The van der Waals surface area contributed by atoms with Gasteiger partial charge in [-0.05, 0) is 48.4 Å². The Kier molecular flexibility index (Phi) is 5.99. The average molecular weight is 401 g/mol. The van der Waals surface area contributed by atoms with Gasteiger partial charge in [0.15, 0.2) is 0 Å². The van der Waals surface area contributed by atoms with E-state index < -0.39 is 0 Å². The summed E-state index contributed by atoms with van der Waals surface area (Å²) in [6.45, 7) is 2.71. The lowest BCUT2D eigenvalue weighted by molar-refractivity contribution is -0.115. The third-order valence-corrected chi connectivity index (χ3v) is 5.28. The first-order valence-electron chi connectivity index (χ1n) is 8.75. The van der Waals surface area contributed by atoms with E-state index in [4.69, 9.17) is 0 Å². The Morgan fingerprint density at radius 2 is 1.64 bits per heavy atom. The number of hydrogen-bond donors (Lipinski definition) is 3. The summed E-state index contributed by atoms with van der Waals surface area (Å²) in [6, 6.07) is 8.91. The quantitative estimate of drug-likeness (QED) is 0.729. The third kappa shape index (κ3) is 4.89. The topological polar surface area (TPSA) is 87.3 Å². The van der Waals surface area contributed by atoms with Crippen molar-refractivity contribution in [2.45, 2.75) is 31.2 Å². The average Bonchev–Trinajstić information content (AvgIpc) is 2.60. The summed E-state index contributed by atoms with van der Waals surface area (Å²) >= 11 is 1.63. The van der Waals surface area contributed by atoms with Crippen molar-refractivity contribution in [1.29, 1.82) is 0 Å². The van der Waals surface area contributed by atoms with Crippen molar-refractivity contribution < 1.29 is 18.8 Å². The number of fused-ring (bicyclic) bond motifs is 1. The molecule has 6 nitrogen and oxygen atoms in total. The predicted molar refractivity (Wildman–Crippen MR) is 107 cm³/mol. The SMILES string of the molecule is CC(=O)Nc1cc(NC(C)=O)cc(C(=O)NC2CCSc3ccc(F)cc32)c1. The first-order chi connectivity index (χ1) is 13.3. The second-order valence-corrected chi connectivity index (χ2v) is 7.64.